The van der Waals surface area contributed by atoms with Crippen LogP contribution in [0.15, 0.2) is 48.5 Å². The van der Waals surface area contributed by atoms with E-state index in [0.29, 0.717) is 6.42 Å². The quantitative estimate of drug-likeness (QED) is 0.417. The maximum absolute atomic E-state index is 13.6. The number of nitro groups is 1. The van der Waals surface area contributed by atoms with Crippen molar-refractivity contribution < 1.29 is 23.6 Å². The molecule has 0 aromatic heterocycles. The second-order valence-corrected chi connectivity index (χ2v) is 5.56. The first-order chi connectivity index (χ1) is 13.0. The van der Waals surface area contributed by atoms with Crippen LogP contribution in [0.25, 0.3) is 0 Å². The van der Waals surface area contributed by atoms with E-state index in [-0.39, 0.29) is 30.9 Å². The van der Waals surface area contributed by atoms with Crippen molar-refractivity contribution in [2.75, 3.05) is 11.9 Å². The van der Waals surface area contributed by atoms with Crippen LogP contribution in [0.3, 0.4) is 0 Å². The topological polar surface area (TPSA) is 111 Å². The molecule has 0 spiro atoms. The van der Waals surface area contributed by atoms with Crippen molar-refractivity contribution >= 4 is 23.4 Å². The molecule has 0 saturated heterocycles. The lowest BCUT2D eigenvalue weighted by atomic mass is 10.2. The Labute approximate surface area is 154 Å². The summed E-state index contributed by atoms with van der Waals surface area (Å²) in [5, 5.41) is 15.5. The molecule has 2 aromatic carbocycles. The van der Waals surface area contributed by atoms with Gasteiger partial charge in [-0.2, -0.15) is 0 Å². The highest BCUT2D eigenvalue weighted by atomic mass is 19.1. The van der Waals surface area contributed by atoms with Gasteiger partial charge in [-0.1, -0.05) is 30.3 Å². The van der Waals surface area contributed by atoms with Gasteiger partial charge in [0.15, 0.2) is 0 Å². The van der Waals surface area contributed by atoms with Crippen LogP contribution in [0.2, 0.25) is 0 Å². The Morgan fingerprint density at radius 3 is 2.59 bits per heavy atom. The minimum atomic E-state index is -0.767. The van der Waals surface area contributed by atoms with Crippen molar-refractivity contribution in [3.8, 4) is 0 Å². The maximum Gasteiger partial charge on any atom is 0.407 e. The smallest absolute Gasteiger partial charge is 0.407 e. The van der Waals surface area contributed by atoms with Gasteiger partial charge in [0.2, 0.25) is 5.91 Å². The van der Waals surface area contributed by atoms with E-state index in [9.17, 15) is 24.1 Å². The normalized spacial score (nSPS) is 10.1. The average molecular weight is 375 g/mol. The van der Waals surface area contributed by atoms with E-state index in [1.165, 1.54) is 0 Å². The molecule has 27 heavy (non-hydrogen) atoms. The Morgan fingerprint density at radius 2 is 1.89 bits per heavy atom. The second kappa shape index (κ2) is 9.85. The minimum Gasteiger partial charge on any atom is -0.445 e. The summed E-state index contributed by atoms with van der Waals surface area (Å²) in [6.07, 6.45) is -0.312. The van der Waals surface area contributed by atoms with E-state index >= 15 is 0 Å². The zero-order valence-corrected chi connectivity index (χ0v) is 14.3. The number of ether oxygens (including phenoxy) is 1. The van der Waals surface area contributed by atoms with Gasteiger partial charge < -0.3 is 15.4 Å². The summed E-state index contributed by atoms with van der Waals surface area (Å²) in [7, 11) is 0. The number of nitrogens with one attached hydrogen (secondary N) is 2. The van der Waals surface area contributed by atoms with Crippen LogP contribution in [0.4, 0.5) is 20.6 Å². The highest BCUT2D eigenvalue weighted by Gasteiger charge is 2.13. The predicted molar refractivity (Wildman–Crippen MR) is 95.5 cm³/mol. The molecule has 2 aromatic rings. The third-order valence-corrected chi connectivity index (χ3v) is 3.50. The first-order valence-corrected chi connectivity index (χ1v) is 8.14. The Balaban J connectivity index is 1.68. The molecule has 0 bridgehead atoms. The number of hydrogen-bond donors (Lipinski definition) is 2. The lowest BCUT2D eigenvalue weighted by molar-refractivity contribution is -0.384. The van der Waals surface area contributed by atoms with E-state index in [1.54, 1.807) is 0 Å². The van der Waals surface area contributed by atoms with Crippen LogP contribution in [-0.4, -0.2) is 23.5 Å². The number of carbonyl (C=O) groups is 2. The molecule has 0 heterocycles. The fourth-order valence-electron chi connectivity index (χ4n) is 2.15. The second-order valence-electron chi connectivity index (χ2n) is 5.56. The molecule has 8 nitrogen and oxygen atoms in total. The maximum atomic E-state index is 13.6. The number of alkyl carbamates (subject to hydrolysis) is 1. The van der Waals surface area contributed by atoms with Crippen molar-refractivity contribution in [1.82, 2.24) is 5.32 Å². The van der Waals surface area contributed by atoms with Gasteiger partial charge in [-0.05, 0) is 18.1 Å². The van der Waals surface area contributed by atoms with Crippen molar-refractivity contribution in [2.24, 2.45) is 0 Å². The molecular formula is C18H18FN3O5. The van der Waals surface area contributed by atoms with Gasteiger partial charge in [0.05, 0.1) is 10.6 Å². The van der Waals surface area contributed by atoms with Gasteiger partial charge in [-0.25, -0.2) is 9.18 Å². The summed E-state index contributed by atoms with van der Waals surface area (Å²) in [4.78, 5) is 33.4. The molecule has 2 N–H and O–H groups in total. The predicted octanol–water partition coefficient (Wildman–Crippen LogP) is 3.38. The first kappa shape index (κ1) is 19.8. The third-order valence-electron chi connectivity index (χ3n) is 3.50. The van der Waals surface area contributed by atoms with Crippen LogP contribution in [0.5, 0.6) is 0 Å². The first-order valence-electron chi connectivity index (χ1n) is 8.14. The van der Waals surface area contributed by atoms with Crippen LogP contribution in [0, 0.1) is 15.9 Å². The number of nitro benzene ring substituents is 1. The van der Waals surface area contributed by atoms with Crippen molar-refractivity contribution in [2.45, 2.75) is 19.4 Å². The standard InChI is InChI=1S/C18H18FN3O5/c19-15-9-8-14(22(25)26)11-16(15)21-17(23)7-4-10-20-18(24)27-12-13-5-2-1-3-6-13/h1-3,5-6,8-9,11H,4,7,10,12H2,(H,20,24)(H,21,23). The van der Waals surface area contributed by atoms with Crippen molar-refractivity contribution in [3.05, 3.63) is 70.0 Å². The fourth-order valence-corrected chi connectivity index (χ4v) is 2.15. The summed E-state index contributed by atoms with van der Waals surface area (Å²) in [5.74, 6) is -1.29. The van der Waals surface area contributed by atoms with Crippen molar-refractivity contribution in [3.63, 3.8) is 0 Å². The van der Waals surface area contributed by atoms with Crippen molar-refractivity contribution in [1.29, 1.82) is 0 Å². The lowest BCUT2D eigenvalue weighted by Crippen LogP contribution is -2.26. The molecule has 0 unspecified atom stereocenters. The largest absolute Gasteiger partial charge is 0.445 e. The van der Waals surface area contributed by atoms with E-state index < -0.39 is 22.7 Å². The number of nitrogens with zero attached hydrogens (tertiary/aromatic N) is 1. The molecule has 9 heteroatoms. The van der Waals surface area contributed by atoms with Gasteiger partial charge in [-0.3, -0.25) is 14.9 Å². The number of benzene rings is 2. The summed E-state index contributed by atoms with van der Waals surface area (Å²) < 4.78 is 18.6. The Hall–Kier alpha value is -3.49. The summed E-state index contributed by atoms with van der Waals surface area (Å²) >= 11 is 0. The monoisotopic (exact) mass is 375 g/mol. The molecule has 142 valence electrons. The van der Waals surface area contributed by atoms with Gasteiger partial charge in [0.25, 0.3) is 5.69 Å². The highest BCUT2D eigenvalue weighted by molar-refractivity contribution is 5.91. The number of non-ortho nitro benzene ring substituents is 1. The molecule has 0 atom stereocenters. The number of carbonyl (C=O) groups excluding carboxylic acids is 2. The zero-order chi connectivity index (χ0) is 19.6. The molecule has 0 aliphatic carbocycles. The Morgan fingerprint density at radius 1 is 1.15 bits per heavy atom. The van der Waals surface area contributed by atoms with E-state index in [1.807, 2.05) is 30.3 Å². The number of halogens is 1. The molecule has 2 rings (SSSR count). The molecule has 0 fully saturated rings. The molecule has 2 amide bonds. The fraction of sp³-hybridized carbons (Fsp3) is 0.222. The lowest BCUT2D eigenvalue weighted by Gasteiger charge is -2.08. The molecular weight excluding hydrogens is 357 g/mol. The van der Waals surface area contributed by atoms with Gasteiger partial charge in [0, 0.05) is 25.1 Å². The van der Waals surface area contributed by atoms with Gasteiger partial charge in [-0.15, -0.1) is 0 Å². The van der Waals surface area contributed by atoms with Crippen LogP contribution < -0.4 is 10.6 Å². The number of hydrogen-bond acceptors (Lipinski definition) is 5. The van der Waals surface area contributed by atoms with E-state index in [2.05, 4.69) is 10.6 Å². The number of rotatable bonds is 8. The Kier molecular flexibility index (Phi) is 7.24. The minimum absolute atomic E-state index is 0.00109. The van der Waals surface area contributed by atoms with Gasteiger partial charge >= 0.3 is 6.09 Å². The average Bonchev–Trinajstić information content (AvgIpc) is 2.66. The molecule has 0 radical (unpaired) electrons. The third kappa shape index (κ3) is 6.73. The van der Waals surface area contributed by atoms with E-state index in [0.717, 1.165) is 23.8 Å². The summed E-state index contributed by atoms with van der Waals surface area (Å²) in [6.45, 7) is 0.331. The number of anilines is 1. The van der Waals surface area contributed by atoms with Crippen LogP contribution in [0.1, 0.15) is 18.4 Å². The van der Waals surface area contributed by atoms with Gasteiger partial charge in [0.1, 0.15) is 12.4 Å². The summed E-state index contributed by atoms with van der Waals surface area (Å²) in [6, 6.07) is 12.0. The number of amides is 2. The molecule has 0 aliphatic rings. The SMILES string of the molecule is O=C(CCCNC(=O)OCc1ccccc1)Nc1cc([N+](=O)[O-])ccc1F. The van der Waals surface area contributed by atoms with Crippen LogP contribution in [-0.2, 0) is 16.1 Å². The van der Waals surface area contributed by atoms with Crippen LogP contribution >= 0.6 is 0 Å². The molecule has 0 aliphatic heterocycles. The summed E-state index contributed by atoms with van der Waals surface area (Å²) in [5.41, 5.74) is 0.268. The molecule has 0 saturated carbocycles. The Bertz CT molecular complexity index is 814. The highest BCUT2D eigenvalue weighted by Crippen LogP contribution is 2.21. The zero-order valence-electron chi connectivity index (χ0n) is 14.3. The van der Waals surface area contributed by atoms with E-state index in [4.69, 9.17) is 4.74 Å².